The van der Waals surface area contributed by atoms with Crippen molar-refractivity contribution in [3.8, 4) is 0 Å². The Morgan fingerprint density at radius 2 is 1.85 bits per heavy atom. The highest BCUT2D eigenvalue weighted by molar-refractivity contribution is 5.74. The van der Waals surface area contributed by atoms with E-state index < -0.39 is 0 Å². The molecule has 6 nitrogen and oxygen atoms in total. The normalized spacial score (nSPS) is 26.5. The Balaban J connectivity index is 1.25. The van der Waals surface area contributed by atoms with Crippen LogP contribution in [-0.4, -0.2) is 63.1 Å². The second-order valence-corrected chi connectivity index (χ2v) is 9.94. The average Bonchev–Trinajstić information content (AvgIpc) is 3.30. The third-order valence-corrected chi connectivity index (χ3v) is 8.03. The topological polar surface area (TPSA) is 57.3 Å². The minimum absolute atomic E-state index is 0.382. The van der Waals surface area contributed by atoms with Gasteiger partial charge in [-0.1, -0.05) is 18.2 Å². The predicted octanol–water partition coefficient (Wildman–Crippen LogP) is 4.48. The standard InChI is InChI=1S/C27H35N5O/c1-2-8-24-23(7-1)29-26(30-24)19-32(25-9-3-5-20-6-4-14-28-27(20)25)22-12-10-21(11-13-22)31-15-17-33-18-16-31/h1-2,4,6-8,14,21-22,25H,3,5,9-13,15-19H2,(H,29,30)/t21-,22+,25?. The highest BCUT2D eigenvalue weighted by Crippen LogP contribution is 2.38. The lowest BCUT2D eigenvalue weighted by molar-refractivity contribution is -0.00510. The number of benzene rings is 1. The second kappa shape index (κ2) is 9.53. The second-order valence-electron chi connectivity index (χ2n) is 9.94. The summed E-state index contributed by atoms with van der Waals surface area (Å²) in [5.74, 6) is 1.08. The first-order valence-electron chi connectivity index (χ1n) is 12.8. The minimum Gasteiger partial charge on any atom is -0.379 e. The van der Waals surface area contributed by atoms with Gasteiger partial charge in [-0.2, -0.15) is 0 Å². The molecule has 1 atom stereocenters. The fourth-order valence-electron chi connectivity index (χ4n) is 6.35. The largest absolute Gasteiger partial charge is 0.379 e. The van der Waals surface area contributed by atoms with Crippen molar-refractivity contribution in [1.82, 2.24) is 24.8 Å². The number of nitrogens with one attached hydrogen (secondary N) is 1. The van der Waals surface area contributed by atoms with Crippen molar-refractivity contribution < 1.29 is 4.74 Å². The molecule has 2 fully saturated rings. The Labute approximate surface area is 196 Å². The van der Waals surface area contributed by atoms with Crippen LogP contribution in [0.15, 0.2) is 42.6 Å². The number of rotatable bonds is 5. The summed E-state index contributed by atoms with van der Waals surface area (Å²) in [6.07, 6.45) is 10.6. The zero-order valence-corrected chi connectivity index (χ0v) is 19.5. The van der Waals surface area contributed by atoms with Crippen molar-refractivity contribution in [2.24, 2.45) is 0 Å². The van der Waals surface area contributed by atoms with Crippen LogP contribution < -0.4 is 0 Å². The predicted molar refractivity (Wildman–Crippen MR) is 130 cm³/mol. The van der Waals surface area contributed by atoms with Gasteiger partial charge >= 0.3 is 0 Å². The van der Waals surface area contributed by atoms with E-state index in [1.54, 1.807) is 0 Å². The number of hydrogen-bond donors (Lipinski definition) is 1. The van der Waals surface area contributed by atoms with Gasteiger partial charge in [-0.15, -0.1) is 0 Å². The quantitative estimate of drug-likeness (QED) is 0.628. The summed E-state index contributed by atoms with van der Waals surface area (Å²) in [5.41, 5.74) is 4.93. The molecule has 1 N–H and O–H groups in total. The molecular weight excluding hydrogens is 410 g/mol. The smallest absolute Gasteiger partial charge is 0.121 e. The van der Waals surface area contributed by atoms with E-state index in [2.05, 4.69) is 51.2 Å². The molecule has 0 bridgehead atoms. The number of ether oxygens (including phenoxy) is 1. The van der Waals surface area contributed by atoms with E-state index in [0.717, 1.165) is 62.2 Å². The third kappa shape index (κ3) is 4.44. The number of aryl methyl sites for hydroxylation is 1. The molecule has 1 saturated carbocycles. The number of nitrogens with zero attached hydrogens (tertiary/aromatic N) is 4. The molecule has 174 valence electrons. The maximum atomic E-state index is 5.59. The van der Waals surface area contributed by atoms with Gasteiger partial charge in [0, 0.05) is 31.4 Å². The van der Waals surface area contributed by atoms with E-state index >= 15 is 0 Å². The van der Waals surface area contributed by atoms with Crippen molar-refractivity contribution in [1.29, 1.82) is 0 Å². The fraction of sp³-hybridized carbons (Fsp3) is 0.556. The van der Waals surface area contributed by atoms with Crippen molar-refractivity contribution in [3.63, 3.8) is 0 Å². The zero-order chi connectivity index (χ0) is 22.0. The molecule has 1 aromatic carbocycles. The van der Waals surface area contributed by atoms with Crippen LogP contribution in [0.3, 0.4) is 0 Å². The molecular formula is C27H35N5O. The Kier molecular flexibility index (Phi) is 6.14. The Bertz CT molecular complexity index is 1030. The SMILES string of the molecule is c1cnc2c(c1)CCCC2N(Cc1nc2ccccc2[nH]1)[C@H]1CC[C@@H](N2CCOCC2)CC1. The highest BCUT2D eigenvalue weighted by atomic mass is 16.5. The summed E-state index contributed by atoms with van der Waals surface area (Å²) >= 11 is 0. The number of aromatic amines is 1. The number of aromatic nitrogens is 3. The maximum absolute atomic E-state index is 5.59. The van der Waals surface area contributed by atoms with E-state index in [9.17, 15) is 0 Å². The van der Waals surface area contributed by atoms with Crippen LogP contribution in [0.4, 0.5) is 0 Å². The molecule has 1 saturated heterocycles. The Morgan fingerprint density at radius 1 is 1.00 bits per heavy atom. The molecule has 1 aliphatic heterocycles. The lowest BCUT2D eigenvalue weighted by Gasteiger charge is -2.45. The molecule has 3 aliphatic rings. The summed E-state index contributed by atoms with van der Waals surface area (Å²) in [6.45, 7) is 4.84. The van der Waals surface area contributed by atoms with Crippen LogP contribution in [0.1, 0.15) is 61.6 Å². The molecule has 6 rings (SSSR count). The number of pyridine rings is 1. The van der Waals surface area contributed by atoms with Gasteiger partial charge in [0.15, 0.2) is 0 Å². The molecule has 6 heteroatoms. The first-order chi connectivity index (χ1) is 16.3. The van der Waals surface area contributed by atoms with Crippen LogP contribution in [0.2, 0.25) is 0 Å². The molecule has 3 heterocycles. The molecule has 0 amide bonds. The van der Waals surface area contributed by atoms with Crippen molar-refractivity contribution >= 4 is 11.0 Å². The molecule has 3 aromatic rings. The number of H-pyrrole nitrogens is 1. The zero-order valence-electron chi connectivity index (χ0n) is 19.5. The summed E-state index contributed by atoms with van der Waals surface area (Å²) < 4.78 is 5.59. The fourth-order valence-corrected chi connectivity index (χ4v) is 6.35. The highest BCUT2D eigenvalue weighted by Gasteiger charge is 2.36. The van der Waals surface area contributed by atoms with Gasteiger partial charge in [-0.3, -0.25) is 14.8 Å². The lowest BCUT2D eigenvalue weighted by atomic mass is 9.85. The first-order valence-corrected chi connectivity index (χ1v) is 12.8. The van der Waals surface area contributed by atoms with Gasteiger partial charge in [0.25, 0.3) is 0 Å². The number of morpholine rings is 1. The van der Waals surface area contributed by atoms with E-state index in [1.165, 1.54) is 49.8 Å². The third-order valence-electron chi connectivity index (χ3n) is 8.03. The maximum Gasteiger partial charge on any atom is 0.121 e. The van der Waals surface area contributed by atoms with Crippen LogP contribution in [0, 0.1) is 0 Å². The van der Waals surface area contributed by atoms with Gasteiger partial charge < -0.3 is 9.72 Å². The molecule has 1 unspecified atom stereocenters. The summed E-state index contributed by atoms with van der Waals surface area (Å²) in [5, 5.41) is 0. The summed E-state index contributed by atoms with van der Waals surface area (Å²) in [7, 11) is 0. The van der Waals surface area contributed by atoms with Crippen LogP contribution >= 0.6 is 0 Å². The van der Waals surface area contributed by atoms with E-state index in [1.807, 2.05) is 6.20 Å². The van der Waals surface area contributed by atoms with Crippen LogP contribution in [0.25, 0.3) is 11.0 Å². The van der Waals surface area contributed by atoms with Gasteiger partial charge in [-0.25, -0.2) is 4.98 Å². The first kappa shape index (κ1) is 21.3. The lowest BCUT2D eigenvalue weighted by Crippen LogP contribution is -2.48. The van der Waals surface area contributed by atoms with E-state index in [-0.39, 0.29) is 0 Å². The molecule has 33 heavy (non-hydrogen) atoms. The number of fused-ring (bicyclic) bond motifs is 2. The number of imidazole rings is 1. The number of hydrogen-bond acceptors (Lipinski definition) is 5. The van der Waals surface area contributed by atoms with Crippen LogP contribution in [-0.2, 0) is 17.7 Å². The van der Waals surface area contributed by atoms with Crippen molar-refractivity contribution in [2.75, 3.05) is 26.3 Å². The van der Waals surface area contributed by atoms with E-state index in [0.29, 0.717) is 12.1 Å². The Hall–Kier alpha value is -2.28. The molecule has 2 aromatic heterocycles. The summed E-state index contributed by atoms with van der Waals surface area (Å²) in [6, 6.07) is 14.4. The van der Waals surface area contributed by atoms with Gasteiger partial charge in [0.1, 0.15) is 5.82 Å². The molecule has 0 spiro atoms. The van der Waals surface area contributed by atoms with E-state index in [4.69, 9.17) is 14.7 Å². The van der Waals surface area contributed by atoms with Gasteiger partial charge in [-0.05, 0) is 68.7 Å². The van der Waals surface area contributed by atoms with Crippen molar-refractivity contribution in [3.05, 3.63) is 59.7 Å². The minimum atomic E-state index is 0.382. The Morgan fingerprint density at radius 3 is 2.70 bits per heavy atom. The van der Waals surface area contributed by atoms with Crippen LogP contribution in [0.5, 0.6) is 0 Å². The average molecular weight is 446 g/mol. The van der Waals surface area contributed by atoms with Gasteiger partial charge in [0.2, 0.25) is 0 Å². The molecule has 0 radical (unpaired) electrons. The monoisotopic (exact) mass is 445 g/mol. The van der Waals surface area contributed by atoms with Gasteiger partial charge in [0.05, 0.1) is 42.5 Å². The van der Waals surface area contributed by atoms with Crippen molar-refractivity contribution in [2.45, 2.75) is 69.6 Å². The summed E-state index contributed by atoms with van der Waals surface area (Å²) in [4.78, 5) is 18.9. The number of para-hydroxylation sites is 2. The molecule has 2 aliphatic carbocycles.